The van der Waals surface area contributed by atoms with E-state index < -0.39 is 0 Å². The van der Waals surface area contributed by atoms with Gasteiger partial charge in [-0.1, -0.05) is 30.0 Å². The Labute approximate surface area is 184 Å². The van der Waals surface area contributed by atoms with Crippen molar-refractivity contribution >= 4 is 29.2 Å². The van der Waals surface area contributed by atoms with E-state index in [4.69, 9.17) is 9.15 Å². The van der Waals surface area contributed by atoms with E-state index in [0.29, 0.717) is 37.9 Å². The van der Waals surface area contributed by atoms with Crippen molar-refractivity contribution in [3.63, 3.8) is 0 Å². The second-order valence-electron chi connectivity index (χ2n) is 7.67. The molecule has 7 heteroatoms. The normalized spacial score (nSPS) is 15.2. The van der Waals surface area contributed by atoms with Gasteiger partial charge in [0.2, 0.25) is 5.91 Å². The van der Waals surface area contributed by atoms with Gasteiger partial charge in [0.15, 0.2) is 11.3 Å². The molecule has 1 aromatic heterocycles. The van der Waals surface area contributed by atoms with E-state index in [0.717, 1.165) is 27.5 Å². The summed E-state index contributed by atoms with van der Waals surface area (Å²) in [5.41, 5.74) is 4.00. The molecular formula is C24H22N2O4S. The standard InChI is InChI=1S/C24H22N2O4S/c1-15(27)25-18-5-6-22-17(12-18)11-16-3-2-4-20(24(16)31-22)21-13-19(28)14-23(30-21)26-7-9-29-10-8-26/h2-6,12-14H,7-11H2,1H3,(H,25,27). The molecule has 0 atom stereocenters. The summed E-state index contributed by atoms with van der Waals surface area (Å²) >= 11 is 1.67. The Morgan fingerprint density at radius 2 is 1.90 bits per heavy atom. The number of hydrogen-bond donors (Lipinski definition) is 1. The molecule has 158 valence electrons. The van der Waals surface area contributed by atoms with Crippen molar-refractivity contribution in [3.05, 3.63) is 69.9 Å². The summed E-state index contributed by atoms with van der Waals surface area (Å²) in [5, 5.41) is 2.85. The van der Waals surface area contributed by atoms with Gasteiger partial charge in [0, 0.05) is 53.2 Å². The first-order valence-corrected chi connectivity index (χ1v) is 11.1. The molecule has 5 rings (SSSR count). The molecular weight excluding hydrogens is 412 g/mol. The smallest absolute Gasteiger partial charge is 0.221 e. The van der Waals surface area contributed by atoms with Crippen molar-refractivity contribution in [2.45, 2.75) is 23.1 Å². The van der Waals surface area contributed by atoms with Crippen molar-refractivity contribution in [2.24, 2.45) is 0 Å². The third-order valence-corrected chi connectivity index (χ3v) is 6.72. The molecule has 1 N–H and O–H groups in total. The molecule has 0 aliphatic carbocycles. The third-order valence-electron chi connectivity index (χ3n) is 5.41. The minimum Gasteiger partial charge on any atom is -0.440 e. The zero-order chi connectivity index (χ0) is 21.4. The van der Waals surface area contributed by atoms with Gasteiger partial charge in [0.25, 0.3) is 0 Å². The molecule has 0 saturated carbocycles. The van der Waals surface area contributed by atoms with E-state index >= 15 is 0 Å². The number of anilines is 2. The molecule has 2 aliphatic rings. The molecule has 3 heterocycles. The number of hydrogen-bond acceptors (Lipinski definition) is 6. The van der Waals surface area contributed by atoms with Gasteiger partial charge in [-0.3, -0.25) is 9.59 Å². The average molecular weight is 435 g/mol. The van der Waals surface area contributed by atoms with Crippen LogP contribution in [0.5, 0.6) is 0 Å². The van der Waals surface area contributed by atoms with E-state index in [2.05, 4.69) is 16.3 Å². The minimum atomic E-state index is -0.0822. The first-order chi connectivity index (χ1) is 15.1. The maximum atomic E-state index is 12.5. The lowest BCUT2D eigenvalue weighted by atomic mass is 10.00. The molecule has 0 spiro atoms. The summed E-state index contributed by atoms with van der Waals surface area (Å²) in [5.74, 6) is 1.09. The molecule has 1 saturated heterocycles. The summed E-state index contributed by atoms with van der Waals surface area (Å²) in [7, 11) is 0. The lowest BCUT2D eigenvalue weighted by molar-refractivity contribution is -0.114. The van der Waals surface area contributed by atoms with Crippen molar-refractivity contribution in [1.82, 2.24) is 0 Å². The van der Waals surface area contributed by atoms with Crippen LogP contribution in [0, 0.1) is 0 Å². The summed E-state index contributed by atoms with van der Waals surface area (Å²) in [6, 6.07) is 15.2. The molecule has 0 bridgehead atoms. The quantitative estimate of drug-likeness (QED) is 0.522. The summed E-state index contributed by atoms with van der Waals surface area (Å²) in [6.07, 6.45) is 0.756. The zero-order valence-electron chi connectivity index (χ0n) is 17.1. The van der Waals surface area contributed by atoms with Crippen LogP contribution >= 0.6 is 11.8 Å². The first kappa shape index (κ1) is 19.9. The van der Waals surface area contributed by atoms with Crippen LogP contribution in [0.2, 0.25) is 0 Å². The van der Waals surface area contributed by atoms with Crippen molar-refractivity contribution in [2.75, 3.05) is 36.5 Å². The predicted octanol–water partition coefficient (Wildman–Crippen LogP) is 4.16. The molecule has 2 aliphatic heterocycles. The highest BCUT2D eigenvalue weighted by Crippen LogP contribution is 2.45. The fourth-order valence-corrected chi connectivity index (χ4v) is 5.16. The molecule has 1 fully saturated rings. The monoisotopic (exact) mass is 434 g/mol. The summed E-state index contributed by atoms with van der Waals surface area (Å²) in [6.45, 7) is 4.17. The number of nitrogens with one attached hydrogen (secondary N) is 1. The molecule has 6 nitrogen and oxygen atoms in total. The van der Waals surface area contributed by atoms with Crippen LogP contribution in [0.25, 0.3) is 11.3 Å². The van der Waals surface area contributed by atoms with Crippen molar-refractivity contribution < 1.29 is 13.9 Å². The lowest BCUT2D eigenvalue weighted by Gasteiger charge is -2.27. The Hall–Kier alpha value is -3.03. The van der Waals surface area contributed by atoms with Gasteiger partial charge in [0.05, 0.1) is 13.2 Å². The van der Waals surface area contributed by atoms with Gasteiger partial charge >= 0.3 is 0 Å². The van der Waals surface area contributed by atoms with Crippen molar-refractivity contribution in [3.8, 4) is 11.3 Å². The van der Waals surface area contributed by atoms with Crippen LogP contribution < -0.4 is 15.6 Å². The van der Waals surface area contributed by atoms with Crippen LogP contribution in [0.15, 0.2) is 67.5 Å². The Bertz CT molecular complexity index is 1210. The van der Waals surface area contributed by atoms with Crippen LogP contribution in [0.3, 0.4) is 0 Å². The number of amides is 1. The van der Waals surface area contributed by atoms with Crippen LogP contribution in [-0.2, 0) is 16.0 Å². The second kappa shape index (κ2) is 8.24. The summed E-state index contributed by atoms with van der Waals surface area (Å²) in [4.78, 5) is 28.1. The number of carbonyl (C=O) groups is 1. The maximum absolute atomic E-state index is 12.5. The number of ether oxygens (including phenoxy) is 1. The predicted molar refractivity (Wildman–Crippen MR) is 121 cm³/mol. The number of fused-ring (bicyclic) bond motifs is 2. The molecule has 31 heavy (non-hydrogen) atoms. The Morgan fingerprint density at radius 1 is 1.06 bits per heavy atom. The Morgan fingerprint density at radius 3 is 2.71 bits per heavy atom. The van der Waals surface area contributed by atoms with Gasteiger partial charge in [-0.05, 0) is 35.7 Å². The highest BCUT2D eigenvalue weighted by molar-refractivity contribution is 7.99. The number of nitrogens with zero attached hydrogens (tertiary/aromatic N) is 1. The average Bonchev–Trinajstić information content (AvgIpc) is 2.77. The molecule has 3 aromatic rings. The van der Waals surface area contributed by atoms with Crippen LogP contribution in [-0.4, -0.2) is 32.2 Å². The third kappa shape index (κ3) is 4.11. The number of carbonyl (C=O) groups excluding carboxylic acids is 1. The van der Waals surface area contributed by atoms with Gasteiger partial charge in [0.1, 0.15) is 5.76 Å². The van der Waals surface area contributed by atoms with Gasteiger partial charge < -0.3 is 19.4 Å². The molecule has 1 amide bonds. The Balaban J connectivity index is 1.51. The summed E-state index contributed by atoms with van der Waals surface area (Å²) < 4.78 is 11.6. The number of rotatable bonds is 3. The highest BCUT2D eigenvalue weighted by atomic mass is 32.2. The van der Waals surface area contributed by atoms with Crippen LogP contribution in [0.1, 0.15) is 18.1 Å². The highest BCUT2D eigenvalue weighted by Gasteiger charge is 2.22. The van der Waals surface area contributed by atoms with E-state index in [1.54, 1.807) is 23.9 Å². The van der Waals surface area contributed by atoms with E-state index in [1.165, 1.54) is 18.1 Å². The number of morpholine rings is 1. The fraction of sp³-hybridized carbons (Fsp3) is 0.250. The fourth-order valence-electron chi connectivity index (χ4n) is 3.99. The maximum Gasteiger partial charge on any atom is 0.221 e. The molecule has 2 aromatic carbocycles. The van der Waals surface area contributed by atoms with E-state index in [-0.39, 0.29) is 11.3 Å². The lowest BCUT2D eigenvalue weighted by Crippen LogP contribution is -2.36. The number of benzene rings is 2. The Kier molecular flexibility index (Phi) is 5.29. The van der Waals surface area contributed by atoms with Crippen LogP contribution in [0.4, 0.5) is 11.6 Å². The van der Waals surface area contributed by atoms with E-state index in [9.17, 15) is 9.59 Å². The zero-order valence-corrected chi connectivity index (χ0v) is 18.0. The van der Waals surface area contributed by atoms with E-state index in [1.807, 2.05) is 30.3 Å². The minimum absolute atomic E-state index is 0.0681. The van der Waals surface area contributed by atoms with Crippen molar-refractivity contribution in [1.29, 1.82) is 0 Å². The SMILES string of the molecule is CC(=O)Nc1ccc2c(c1)Cc1cccc(-c3cc(=O)cc(N4CCOCC4)o3)c1S2. The topological polar surface area (TPSA) is 71.8 Å². The molecule has 0 unspecified atom stereocenters. The largest absolute Gasteiger partial charge is 0.440 e. The van der Waals surface area contributed by atoms with Gasteiger partial charge in [-0.15, -0.1) is 0 Å². The molecule has 0 radical (unpaired) electrons. The second-order valence-corrected chi connectivity index (χ2v) is 8.72. The first-order valence-electron chi connectivity index (χ1n) is 10.3. The van der Waals surface area contributed by atoms with Gasteiger partial charge in [-0.2, -0.15) is 0 Å². The van der Waals surface area contributed by atoms with Gasteiger partial charge in [-0.25, -0.2) is 0 Å².